The Morgan fingerprint density at radius 2 is 1.87 bits per heavy atom. The summed E-state index contributed by atoms with van der Waals surface area (Å²) in [4.78, 5) is 28.7. The molecule has 3 rings (SSSR count). The number of benzene rings is 2. The minimum absolute atomic E-state index is 0.127. The maximum absolute atomic E-state index is 12.2. The van der Waals surface area contributed by atoms with Gasteiger partial charge in [-0.05, 0) is 36.2 Å². The number of carbonyl (C=O) groups is 2. The van der Waals surface area contributed by atoms with Crippen molar-refractivity contribution >= 4 is 34.1 Å². The van der Waals surface area contributed by atoms with E-state index < -0.39 is 6.03 Å². The van der Waals surface area contributed by atoms with Gasteiger partial charge in [-0.3, -0.25) is 10.1 Å². The summed E-state index contributed by atoms with van der Waals surface area (Å²) in [6, 6.07) is 14.4. The van der Waals surface area contributed by atoms with Gasteiger partial charge in [0.05, 0.1) is 32.0 Å². The predicted molar refractivity (Wildman–Crippen MR) is 121 cm³/mol. The lowest BCUT2D eigenvalue weighted by Gasteiger charge is -2.09. The molecule has 0 unspecified atom stereocenters. The van der Waals surface area contributed by atoms with Crippen LogP contribution in [0.3, 0.4) is 0 Å². The standard InChI is InChI=1S/C22H24N4O4S/c1-29-17-7-5-6-15(12-17)10-11-23-20(27)13-16-14-31-22(24-16)26-21(28)25-18-8-3-4-9-19(18)30-2/h3-9,12,14H,10-11,13H2,1-2H3,(H,23,27)(H2,24,25,26,28). The van der Waals surface area contributed by atoms with Crippen molar-refractivity contribution in [1.82, 2.24) is 10.3 Å². The summed E-state index contributed by atoms with van der Waals surface area (Å²) in [7, 11) is 3.16. The Bertz CT molecular complexity index is 1040. The Labute approximate surface area is 184 Å². The number of nitrogens with one attached hydrogen (secondary N) is 3. The molecule has 0 aliphatic rings. The first-order chi connectivity index (χ1) is 15.1. The molecule has 0 atom stereocenters. The topological polar surface area (TPSA) is 102 Å². The van der Waals surface area contributed by atoms with E-state index in [1.807, 2.05) is 30.3 Å². The van der Waals surface area contributed by atoms with Crippen molar-refractivity contribution in [2.75, 3.05) is 31.4 Å². The van der Waals surface area contributed by atoms with Gasteiger partial charge in [0.15, 0.2) is 5.13 Å². The Morgan fingerprint density at radius 1 is 1.03 bits per heavy atom. The zero-order chi connectivity index (χ0) is 22.1. The van der Waals surface area contributed by atoms with E-state index in [0.717, 1.165) is 11.3 Å². The zero-order valence-electron chi connectivity index (χ0n) is 17.3. The van der Waals surface area contributed by atoms with Gasteiger partial charge >= 0.3 is 6.03 Å². The Kier molecular flexibility index (Phi) is 7.83. The number of hydrogen-bond acceptors (Lipinski definition) is 6. The van der Waals surface area contributed by atoms with Gasteiger partial charge in [-0.25, -0.2) is 9.78 Å². The van der Waals surface area contributed by atoms with Gasteiger partial charge in [0, 0.05) is 11.9 Å². The van der Waals surface area contributed by atoms with Crippen LogP contribution in [0.4, 0.5) is 15.6 Å². The molecule has 9 heteroatoms. The lowest BCUT2D eigenvalue weighted by molar-refractivity contribution is -0.120. The fourth-order valence-electron chi connectivity index (χ4n) is 2.85. The minimum atomic E-state index is -0.437. The number of para-hydroxylation sites is 2. The maximum Gasteiger partial charge on any atom is 0.325 e. The average Bonchev–Trinajstić information content (AvgIpc) is 3.20. The van der Waals surface area contributed by atoms with Crippen molar-refractivity contribution in [3.05, 3.63) is 65.2 Å². The number of nitrogens with zero attached hydrogens (tertiary/aromatic N) is 1. The smallest absolute Gasteiger partial charge is 0.325 e. The van der Waals surface area contributed by atoms with Crippen molar-refractivity contribution in [3.63, 3.8) is 0 Å². The molecule has 162 valence electrons. The van der Waals surface area contributed by atoms with Crippen LogP contribution in [0, 0.1) is 0 Å². The van der Waals surface area contributed by atoms with Crippen molar-refractivity contribution in [3.8, 4) is 11.5 Å². The van der Waals surface area contributed by atoms with Gasteiger partial charge in [0.2, 0.25) is 5.91 Å². The summed E-state index contributed by atoms with van der Waals surface area (Å²) >= 11 is 1.26. The van der Waals surface area contributed by atoms with Crippen LogP contribution in [0.5, 0.6) is 11.5 Å². The second kappa shape index (κ2) is 11.0. The third kappa shape index (κ3) is 6.71. The van der Waals surface area contributed by atoms with Crippen LogP contribution in [-0.4, -0.2) is 37.7 Å². The van der Waals surface area contributed by atoms with Crippen molar-refractivity contribution in [1.29, 1.82) is 0 Å². The SMILES string of the molecule is COc1cccc(CCNC(=O)Cc2csc(NC(=O)Nc3ccccc3OC)n2)c1. The molecule has 1 heterocycles. The molecule has 3 amide bonds. The second-order valence-electron chi connectivity index (χ2n) is 6.55. The van der Waals surface area contributed by atoms with Gasteiger partial charge < -0.3 is 20.1 Å². The number of ether oxygens (including phenoxy) is 2. The van der Waals surface area contributed by atoms with E-state index in [1.165, 1.54) is 18.4 Å². The third-order valence-corrected chi connectivity index (χ3v) is 5.15. The molecule has 2 aromatic carbocycles. The lowest BCUT2D eigenvalue weighted by Crippen LogP contribution is -2.27. The molecule has 3 aromatic rings. The van der Waals surface area contributed by atoms with Crippen LogP contribution in [-0.2, 0) is 17.6 Å². The molecule has 31 heavy (non-hydrogen) atoms. The number of urea groups is 1. The first-order valence-corrected chi connectivity index (χ1v) is 10.5. The molecule has 0 saturated carbocycles. The van der Waals surface area contributed by atoms with E-state index in [0.29, 0.717) is 35.2 Å². The molecule has 0 aliphatic carbocycles. The van der Waals surface area contributed by atoms with Crippen molar-refractivity contribution < 1.29 is 19.1 Å². The molecule has 0 saturated heterocycles. The Balaban J connectivity index is 1.44. The fourth-order valence-corrected chi connectivity index (χ4v) is 3.55. The molecular weight excluding hydrogens is 416 g/mol. The molecule has 0 bridgehead atoms. The van der Waals surface area contributed by atoms with E-state index in [-0.39, 0.29) is 12.3 Å². The summed E-state index contributed by atoms with van der Waals surface area (Å²) in [5, 5.41) is 10.4. The average molecular weight is 441 g/mol. The minimum Gasteiger partial charge on any atom is -0.497 e. The van der Waals surface area contributed by atoms with E-state index in [9.17, 15) is 9.59 Å². The number of amides is 3. The fraction of sp³-hybridized carbons (Fsp3) is 0.227. The van der Waals surface area contributed by atoms with Crippen LogP contribution in [0.2, 0.25) is 0 Å². The van der Waals surface area contributed by atoms with Crippen LogP contribution in [0.15, 0.2) is 53.9 Å². The van der Waals surface area contributed by atoms with E-state index in [1.54, 1.807) is 30.7 Å². The van der Waals surface area contributed by atoms with Gasteiger partial charge in [0.1, 0.15) is 11.5 Å². The highest BCUT2D eigenvalue weighted by molar-refractivity contribution is 7.14. The predicted octanol–water partition coefficient (Wildman–Crippen LogP) is 3.71. The number of thiazole rings is 1. The van der Waals surface area contributed by atoms with Crippen LogP contribution >= 0.6 is 11.3 Å². The summed E-state index contributed by atoms with van der Waals surface area (Å²) in [5.74, 6) is 1.22. The molecule has 0 aliphatic heterocycles. The van der Waals surface area contributed by atoms with Crippen LogP contribution in [0.1, 0.15) is 11.3 Å². The molecule has 8 nitrogen and oxygen atoms in total. The number of rotatable bonds is 9. The van der Waals surface area contributed by atoms with Crippen LogP contribution in [0.25, 0.3) is 0 Å². The van der Waals surface area contributed by atoms with E-state index >= 15 is 0 Å². The molecular formula is C22H24N4O4S. The molecule has 0 radical (unpaired) electrons. The lowest BCUT2D eigenvalue weighted by atomic mass is 10.1. The Hall–Kier alpha value is -3.59. The zero-order valence-corrected chi connectivity index (χ0v) is 18.1. The monoisotopic (exact) mass is 440 g/mol. The summed E-state index contributed by atoms with van der Waals surface area (Å²) in [5.41, 5.74) is 2.23. The summed E-state index contributed by atoms with van der Waals surface area (Å²) in [6.07, 6.45) is 0.848. The molecule has 0 fully saturated rings. The summed E-state index contributed by atoms with van der Waals surface area (Å²) < 4.78 is 10.4. The molecule has 0 spiro atoms. The molecule has 3 N–H and O–H groups in total. The van der Waals surface area contributed by atoms with Gasteiger partial charge in [-0.15, -0.1) is 11.3 Å². The highest BCUT2D eigenvalue weighted by Gasteiger charge is 2.11. The van der Waals surface area contributed by atoms with Crippen LogP contribution < -0.4 is 25.4 Å². The number of anilines is 2. The quantitative estimate of drug-likeness (QED) is 0.471. The third-order valence-electron chi connectivity index (χ3n) is 4.34. The maximum atomic E-state index is 12.2. The summed E-state index contributed by atoms with van der Waals surface area (Å²) in [6.45, 7) is 0.516. The van der Waals surface area contributed by atoms with E-state index in [2.05, 4.69) is 20.9 Å². The highest BCUT2D eigenvalue weighted by Crippen LogP contribution is 2.23. The first kappa shape index (κ1) is 22.1. The van der Waals surface area contributed by atoms with Gasteiger partial charge in [-0.2, -0.15) is 0 Å². The number of hydrogen-bond donors (Lipinski definition) is 3. The molecule has 1 aromatic heterocycles. The van der Waals surface area contributed by atoms with Crippen molar-refractivity contribution in [2.24, 2.45) is 0 Å². The van der Waals surface area contributed by atoms with Crippen molar-refractivity contribution in [2.45, 2.75) is 12.8 Å². The van der Waals surface area contributed by atoms with Gasteiger partial charge in [0.25, 0.3) is 0 Å². The highest BCUT2D eigenvalue weighted by atomic mass is 32.1. The second-order valence-corrected chi connectivity index (χ2v) is 7.41. The normalized spacial score (nSPS) is 10.3. The first-order valence-electron chi connectivity index (χ1n) is 9.62. The number of methoxy groups -OCH3 is 2. The Morgan fingerprint density at radius 3 is 2.68 bits per heavy atom. The van der Waals surface area contributed by atoms with E-state index in [4.69, 9.17) is 9.47 Å². The largest absolute Gasteiger partial charge is 0.497 e. The van der Waals surface area contributed by atoms with Gasteiger partial charge in [-0.1, -0.05) is 24.3 Å². The number of aromatic nitrogens is 1. The number of carbonyl (C=O) groups excluding carboxylic acids is 2.